The highest BCUT2D eigenvalue weighted by Crippen LogP contribution is 2.04. The molecule has 0 fully saturated rings. The minimum absolute atomic E-state index is 0.156. The van der Waals surface area contributed by atoms with E-state index in [-0.39, 0.29) is 5.16 Å². The maximum atomic E-state index is 11.1. The monoisotopic (exact) mass is 197 g/mol. The second kappa shape index (κ2) is 2.53. The Balaban J connectivity index is 2.75. The van der Waals surface area contributed by atoms with E-state index in [0.29, 0.717) is 0 Å². The summed E-state index contributed by atoms with van der Waals surface area (Å²) in [6.07, 6.45) is 4.23. The molecule has 0 aliphatic heterocycles. The minimum Gasteiger partial charge on any atom is -0.237 e. The number of fused-ring (bicyclic) bond motifs is 1. The fraction of sp³-hybridized carbons (Fsp3) is 0.143. The molecule has 0 aliphatic rings. The van der Waals surface area contributed by atoms with E-state index >= 15 is 0 Å². The molecule has 2 rings (SSSR count). The standard InChI is InChI=1S/C7H7N3O2S/c1-13(11,12)7-8-5-6-3-2-4-10(6)9-7/h2-5H,1H3. The summed E-state index contributed by atoms with van der Waals surface area (Å²) in [6, 6.07) is 3.57. The zero-order valence-electron chi connectivity index (χ0n) is 6.88. The van der Waals surface area contributed by atoms with Crippen molar-refractivity contribution >= 4 is 15.4 Å². The van der Waals surface area contributed by atoms with Crippen LogP contribution in [0.25, 0.3) is 5.52 Å². The predicted molar refractivity (Wildman–Crippen MR) is 46.1 cm³/mol. The van der Waals surface area contributed by atoms with Crippen molar-refractivity contribution in [2.45, 2.75) is 5.16 Å². The van der Waals surface area contributed by atoms with Crippen molar-refractivity contribution in [3.05, 3.63) is 24.5 Å². The number of aromatic nitrogens is 3. The minimum atomic E-state index is -3.32. The van der Waals surface area contributed by atoms with E-state index < -0.39 is 9.84 Å². The van der Waals surface area contributed by atoms with Crippen LogP contribution in [0.4, 0.5) is 0 Å². The highest BCUT2D eigenvalue weighted by molar-refractivity contribution is 7.90. The molecule has 2 aromatic rings. The SMILES string of the molecule is CS(=O)(=O)c1ncc2cccn2n1. The van der Waals surface area contributed by atoms with Crippen molar-refractivity contribution in [2.24, 2.45) is 0 Å². The first-order valence-corrected chi connectivity index (χ1v) is 5.47. The molecule has 0 unspecified atom stereocenters. The van der Waals surface area contributed by atoms with Gasteiger partial charge in [-0.05, 0) is 12.1 Å². The van der Waals surface area contributed by atoms with Crippen molar-refractivity contribution in [1.82, 2.24) is 14.6 Å². The fourth-order valence-electron chi connectivity index (χ4n) is 0.988. The summed E-state index contributed by atoms with van der Waals surface area (Å²) in [5.74, 6) is 0. The van der Waals surface area contributed by atoms with Gasteiger partial charge >= 0.3 is 0 Å². The first kappa shape index (κ1) is 8.18. The Labute approximate surface area is 74.9 Å². The van der Waals surface area contributed by atoms with Crippen LogP contribution in [-0.4, -0.2) is 29.3 Å². The summed E-state index contributed by atoms with van der Waals surface area (Å²) >= 11 is 0. The Hall–Kier alpha value is -1.43. The average molecular weight is 197 g/mol. The van der Waals surface area contributed by atoms with Gasteiger partial charge in [-0.3, -0.25) is 0 Å². The zero-order chi connectivity index (χ0) is 9.47. The molecule has 0 bridgehead atoms. The Kier molecular flexibility index (Phi) is 1.59. The van der Waals surface area contributed by atoms with Crippen LogP contribution in [0.5, 0.6) is 0 Å². The lowest BCUT2D eigenvalue weighted by molar-refractivity contribution is 0.587. The summed E-state index contributed by atoms with van der Waals surface area (Å²) < 4.78 is 23.6. The van der Waals surface area contributed by atoms with Gasteiger partial charge < -0.3 is 0 Å². The van der Waals surface area contributed by atoms with Crippen LogP contribution in [0, 0.1) is 0 Å². The third kappa shape index (κ3) is 1.40. The molecule has 0 aliphatic carbocycles. The van der Waals surface area contributed by atoms with Crippen molar-refractivity contribution in [2.75, 3.05) is 6.26 Å². The summed E-state index contributed by atoms with van der Waals surface area (Å²) in [7, 11) is -3.32. The van der Waals surface area contributed by atoms with Gasteiger partial charge in [-0.2, -0.15) is 0 Å². The lowest BCUT2D eigenvalue weighted by atomic mass is 10.5. The van der Waals surface area contributed by atoms with E-state index in [1.165, 1.54) is 10.7 Å². The fourth-order valence-corrected chi connectivity index (χ4v) is 1.47. The van der Waals surface area contributed by atoms with E-state index in [0.717, 1.165) is 11.8 Å². The van der Waals surface area contributed by atoms with E-state index in [2.05, 4.69) is 10.1 Å². The molecule has 0 radical (unpaired) electrons. The molecule has 0 saturated heterocycles. The van der Waals surface area contributed by atoms with Gasteiger partial charge in [0.1, 0.15) is 0 Å². The van der Waals surface area contributed by atoms with Crippen molar-refractivity contribution in [3.63, 3.8) is 0 Å². The van der Waals surface area contributed by atoms with E-state index in [9.17, 15) is 8.42 Å². The lowest BCUT2D eigenvalue weighted by Gasteiger charge is -1.96. The third-order valence-corrected chi connectivity index (χ3v) is 2.44. The van der Waals surface area contributed by atoms with E-state index in [1.807, 2.05) is 0 Å². The first-order chi connectivity index (χ1) is 6.07. The Morgan fingerprint density at radius 3 is 2.92 bits per heavy atom. The largest absolute Gasteiger partial charge is 0.265 e. The summed E-state index contributed by atoms with van der Waals surface area (Å²) in [5, 5.41) is 3.67. The summed E-state index contributed by atoms with van der Waals surface area (Å²) in [4.78, 5) is 3.73. The molecule has 6 heteroatoms. The number of rotatable bonds is 1. The Bertz CT molecular complexity index is 544. The molecule has 5 nitrogen and oxygen atoms in total. The molecular weight excluding hydrogens is 190 g/mol. The highest BCUT2D eigenvalue weighted by atomic mass is 32.2. The molecule has 0 aromatic carbocycles. The summed E-state index contributed by atoms with van der Waals surface area (Å²) in [5.41, 5.74) is 0.771. The van der Waals surface area contributed by atoms with Gasteiger partial charge in [0.05, 0.1) is 11.7 Å². The number of nitrogens with zero attached hydrogens (tertiary/aromatic N) is 3. The molecule has 0 amide bonds. The maximum Gasteiger partial charge on any atom is 0.265 e. The molecule has 0 saturated carbocycles. The second-order valence-electron chi connectivity index (χ2n) is 2.69. The molecule has 68 valence electrons. The predicted octanol–water partition coefficient (Wildman–Crippen LogP) is 0.133. The van der Waals surface area contributed by atoms with Gasteiger partial charge in [-0.1, -0.05) is 0 Å². The average Bonchev–Trinajstić information content (AvgIpc) is 2.47. The van der Waals surface area contributed by atoms with Crippen molar-refractivity contribution in [1.29, 1.82) is 0 Å². The maximum absolute atomic E-state index is 11.1. The van der Waals surface area contributed by atoms with Crippen LogP contribution in [-0.2, 0) is 9.84 Å². The Morgan fingerprint density at radius 1 is 1.46 bits per heavy atom. The van der Waals surface area contributed by atoms with Gasteiger partial charge in [0.2, 0.25) is 9.84 Å². The highest BCUT2D eigenvalue weighted by Gasteiger charge is 2.10. The quantitative estimate of drug-likeness (QED) is 0.652. The van der Waals surface area contributed by atoms with Gasteiger partial charge in [-0.15, -0.1) is 5.10 Å². The smallest absolute Gasteiger partial charge is 0.237 e. The number of sulfone groups is 1. The van der Waals surface area contributed by atoms with Crippen LogP contribution < -0.4 is 0 Å². The van der Waals surface area contributed by atoms with Crippen LogP contribution in [0.3, 0.4) is 0 Å². The third-order valence-electron chi connectivity index (χ3n) is 1.59. The number of hydrogen-bond acceptors (Lipinski definition) is 4. The summed E-state index contributed by atoms with van der Waals surface area (Å²) in [6.45, 7) is 0. The zero-order valence-corrected chi connectivity index (χ0v) is 7.69. The molecular formula is C7H7N3O2S. The topological polar surface area (TPSA) is 64.3 Å². The molecule has 0 spiro atoms. The van der Waals surface area contributed by atoms with Gasteiger partial charge in [-0.25, -0.2) is 17.9 Å². The second-order valence-corrected chi connectivity index (χ2v) is 4.60. The van der Waals surface area contributed by atoms with E-state index in [1.54, 1.807) is 18.3 Å². The molecule has 2 heterocycles. The van der Waals surface area contributed by atoms with Gasteiger partial charge in [0, 0.05) is 12.5 Å². The first-order valence-electron chi connectivity index (χ1n) is 3.58. The molecule has 13 heavy (non-hydrogen) atoms. The van der Waals surface area contributed by atoms with Crippen molar-refractivity contribution in [3.8, 4) is 0 Å². The van der Waals surface area contributed by atoms with Crippen LogP contribution >= 0.6 is 0 Å². The molecule has 2 aromatic heterocycles. The number of hydrogen-bond donors (Lipinski definition) is 0. The molecule has 0 atom stereocenters. The normalized spacial score (nSPS) is 12.1. The lowest BCUT2D eigenvalue weighted by Crippen LogP contribution is -2.06. The Morgan fingerprint density at radius 2 is 2.23 bits per heavy atom. The van der Waals surface area contributed by atoms with Crippen LogP contribution in [0.1, 0.15) is 0 Å². The van der Waals surface area contributed by atoms with Crippen molar-refractivity contribution < 1.29 is 8.42 Å². The van der Waals surface area contributed by atoms with Crippen LogP contribution in [0.15, 0.2) is 29.7 Å². The van der Waals surface area contributed by atoms with E-state index in [4.69, 9.17) is 0 Å². The van der Waals surface area contributed by atoms with Crippen LogP contribution in [0.2, 0.25) is 0 Å². The van der Waals surface area contributed by atoms with Gasteiger partial charge in [0.25, 0.3) is 5.16 Å². The molecule has 0 N–H and O–H groups in total. The van der Waals surface area contributed by atoms with Gasteiger partial charge in [0.15, 0.2) is 0 Å².